The zero-order chi connectivity index (χ0) is 14.5. The van der Waals surface area contributed by atoms with Gasteiger partial charge in [0.15, 0.2) is 0 Å². The Labute approximate surface area is 118 Å². The minimum absolute atomic E-state index is 0.0810. The van der Waals surface area contributed by atoms with Crippen LogP contribution in [-0.4, -0.2) is 27.0 Å². The quantitative estimate of drug-likeness (QED) is 0.641. The number of hydrogen-bond acceptors (Lipinski definition) is 4. The van der Waals surface area contributed by atoms with E-state index in [-0.39, 0.29) is 11.5 Å². The van der Waals surface area contributed by atoms with Crippen LogP contribution in [0.1, 0.15) is 19.4 Å². The summed E-state index contributed by atoms with van der Waals surface area (Å²) in [7, 11) is -3.74. The first kappa shape index (κ1) is 15.9. The summed E-state index contributed by atoms with van der Waals surface area (Å²) in [5, 5.41) is 0. The number of benzene rings is 1. The van der Waals surface area contributed by atoms with Gasteiger partial charge in [0.05, 0.1) is 11.5 Å². The molecule has 106 valence electrons. The maximum Gasteiger partial charge on any atom is 0.323 e. The summed E-state index contributed by atoms with van der Waals surface area (Å²) in [6, 6.07) is 5.20. The molecule has 0 radical (unpaired) electrons. The van der Waals surface area contributed by atoms with E-state index in [1.807, 2.05) is 0 Å². The largest absolute Gasteiger partial charge is 0.465 e. The number of rotatable bonds is 6. The van der Waals surface area contributed by atoms with E-state index in [1.54, 1.807) is 19.1 Å². The third kappa shape index (κ3) is 4.49. The van der Waals surface area contributed by atoms with Crippen LogP contribution in [0.5, 0.6) is 0 Å². The lowest BCUT2D eigenvalue weighted by atomic mass is 10.2. The summed E-state index contributed by atoms with van der Waals surface area (Å²) in [6.07, 6.45) is 0. The Morgan fingerprint density at radius 1 is 1.37 bits per heavy atom. The van der Waals surface area contributed by atoms with Crippen molar-refractivity contribution in [2.75, 3.05) is 6.61 Å². The van der Waals surface area contributed by atoms with Gasteiger partial charge in [-0.15, -0.1) is 11.6 Å². The summed E-state index contributed by atoms with van der Waals surface area (Å²) in [5.41, 5.74) is 0.819. The Bertz CT molecular complexity index is 527. The van der Waals surface area contributed by atoms with Crippen molar-refractivity contribution in [3.05, 3.63) is 29.8 Å². The van der Waals surface area contributed by atoms with Crippen LogP contribution in [0.15, 0.2) is 29.2 Å². The van der Waals surface area contributed by atoms with E-state index in [2.05, 4.69) is 4.72 Å². The van der Waals surface area contributed by atoms with Crippen LogP contribution in [0, 0.1) is 0 Å². The number of halogens is 1. The average molecular weight is 306 g/mol. The highest BCUT2D eigenvalue weighted by Gasteiger charge is 2.22. The van der Waals surface area contributed by atoms with E-state index in [0.29, 0.717) is 5.88 Å². The number of hydrogen-bond donors (Lipinski definition) is 1. The average Bonchev–Trinajstić information content (AvgIpc) is 2.38. The second kappa shape index (κ2) is 6.88. The molecule has 0 saturated heterocycles. The number of carbonyl (C=O) groups is 1. The number of sulfonamides is 1. The van der Waals surface area contributed by atoms with Gasteiger partial charge >= 0.3 is 5.97 Å². The fourth-order valence-electron chi connectivity index (χ4n) is 1.37. The molecule has 0 saturated carbocycles. The van der Waals surface area contributed by atoms with Gasteiger partial charge in [0.25, 0.3) is 0 Å². The zero-order valence-electron chi connectivity index (χ0n) is 10.7. The monoisotopic (exact) mass is 305 g/mol. The molecular weight excluding hydrogens is 290 g/mol. The van der Waals surface area contributed by atoms with Gasteiger partial charge in [0.1, 0.15) is 6.04 Å². The first-order valence-electron chi connectivity index (χ1n) is 5.74. The van der Waals surface area contributed by atoms with E-state index in [0.717, 1.165) is 5.56 Å². The first-order chi connectivity index (χ1) is 8.90. The number of nitrogens with one attached hydrogen (secondary N) is 1. The van der Waals surface area contributed by atoms with Gasteiger partial charge in [-0.1, -0.05) is 12.1 Å². The van der Waals surface area contributed by atoms with Crippen LogP contribution >= 0.6 is 11.6 Å². The fraction of sp³-hybridized carbons (Fsp3) is 0.417. The van der Waals surface area contributed by atoms with E-state index in [4.69, 9.17) is 16.3 Å². The predicted octanol–water partition coefficient (Wildman–Crippen LogP) is 1.66. The molecule has 0 aliphatic carbocycles. The molecule has 1 atom stereocenters. The molecule has 5 nitrogen and oxygen atoms in total. The summed E-state index contributed by atoms with van der Waals surface area (Å²) >= 11 is 5.63. The van der Waals surface area contributed by atoms with Crippen molar-refractivity contribution in [1.29, 1.82) is 0 Å². The van der Waals surface area contributed by atoms with Crippen molar-refractivity contribution in [2.45, 2.75) is 30.7 Å². The summed E-state index contributed by atoms with van der Waals surface area (Å²) in [4.78, 5) is 11.5. The molecule has 0 aliphatic rings. The Kier molecular flexibility index (Phi) is 5.78. The molecule has 1 rings (SSSR count). The Balaban J connectivity index is 2.82. The summed E-state index contributed by atoms with van der Waals surface area (Å²) in [5.74, 6) is -0.295. The molecule has 1 aromatic carbocycles. The molecule has 0 bridgehead atoms. The number of alkyl halides is 1. The highest BCUT2D eigenvalue weighted by Crippen LogP contribution is 2.12. The topological polar surface area (TPSA) is 72.5 Å². The Hall–Kier alpha value is -1.11. The third-order valence-corrected chi connectivity index (χ3v) is 4.23. The zero-order valence-corrected chi connectivity index (χ0v) is 12.3. The van der Waals surface area contributed by atoms with Crippen LogP contribution in [0.25, 0.3) is 0 Å². The van der Waals surface area contributed by atoms with Gasteiger partial charge in [-0.25, -0.2) is 8.42 Å². The molecule has 1 unspecified atom stereocenters. The number of ether oxygens (including phenoxy) is 1. The lowest BCUT2D eigenvalue weighted by Gasteiger charge is -2.13. The molecule has 1 N–H and O–H groups in total. The smallest absolute Gasteiger partial charge is 0.323 e. The lowest BCUT2D eigenvalue weighted by molar-refractivity contribution is -0.144. The number of carbonyl (C=O) groups excluding carboxylic acids is 1. The molecule has 19 heavy (non-hydrogen) atoms. The van der Waals surface area contributed by atoms with Crippen molar-refractivity contribution in [3.8, 4) is 0 Å². The van der Waals surface area contributed by atoms with Crippen LogP contribution in [0.2, 0.25) is 0 Å². The van der Waals surface area contributed by atoms with Crippen molar-refractivity contribution >= 4 is 27.6 Å². The molecule has 0 aromatic heterocycles. The molecule has 0 heterocycles. The molecule has 0 spiro atoms. The predicted molar refractivity (Wildman–Crippen MR) is 72.4 cm³/mol. The van der Waals surface area contributed by atoms with Gasteiger partial charge in [0, 0.05) is 5.88 Å². The fourth-order valence-corrected chi connectivity index (χ4v) is 2.74. The Morgan fingerprint density at radius 3 is 2.42 bits per heavy atom. The summed E-state index contributed by atoms with van der Waals surface area (Å²) < 4.78 is 31.0. The first-order valence-corrected chi connectivity index (χ1v) is 7.76. The highest BCUT2D eigenvalue weighted by atomic mass is 35.5. The molecule has 1 aromatic rings. The van der Waals surface area contributed by atoms with Crippen molar-refractivity contribution in [1.82, 2.24) is 4.72 Å². The van der Waals surface area contributed by atoms with Gasteiger partial charge in [-0.2, -0.15) is 4.72 Å². The SMILES string of the molecule is CCOC(=O)C(C)NS(=O)(=O)c1ccc(CCl)cc1. The van der Waals surface area contributed by atoms with Gasteiger partial charge < -0.3 is 4.74 Å². The molecule has 0 fully saturated rings. The molecule has 0 aliphatic heterocycles. The molecular formula is C12H16ClNO4S. The van der Waals surface area contributed by atoms with E-state index in [1.165, 1.54) is 19.1 Å². The normalized spacial score (nSPS) is 13.0. The van der Waals surface area contributed by atoms with Gasteiger partial charge in [-0.05, 0) is 31.5 Å². The minimum Gasteiger partial charge on any atom is -0.465 e. The van der Waals surface area contributed by atoms with Crippen LogP contribution in [-0.2, 0) is 25.4 Å². The van der Waals surface area contributed by atoms with E-state index < -0.39 is 22.0 Å². The minimum atomic E-state index is -3.74. The standard InChI is InChI=1S/C12H16ClNO4S/c1-3-18-12(15)9(2)14-19(16,17)11-6-4-10(8-13)5-7-11/h4-7,9,14H,3,8H2,1-2H3. The van der Waals surface area contributed by atoms with Crippen molar-refractivity contribution < 1.29 is 17.9 Å². The van der Waals surface area contributed by atoms with Crippen LogP contribution < -0.4 is 4.72 Å². The molecule has 7 heteroatoms. The lowest BCUT2D eigenvalue weighted by Crippen LogP contribution is -2.39. The van der Waals surface area contributed by atoms with Crippen LogP contribution in [0.4, 0.5) is 0 Å². The maximum absolute atomic E-state index is 12.0. The Morgan fingerprint density at radius 2 is 1.95 bits per heavy atom. The van der Waals surface area contributed by atoms with Crippen molar-refractivity contribution in [3.63, 3.8) is 0 Å². The third-order valence-electron chi connectivity index (χ3n) is 2.36. The maximum atomic E-state index is 12.0. The van der Waals surface area contributed by atoms with E-state index in [9.17, 15) is 13.2 Å². The summed E-state index contributed by atoms with van der Waals surface area (Å²) in [6.45, 7) is 3.29. The van der Waals surface area contributed by atoms with Gasteiger partial charge in [0.2, 0.25) is 10.0 Å². The second-order valence-corrected chi connectivity index (χ2v) is 5.85. The second-order valence-electron chi connectivity index (χ2n) is 3.87. The van der Waals surface area contributed by atoms with Crippen molar-refractivity contribution in [2.24, 2.45) is 0 Å². The molecule has 0 amide bonds. The van der Waals surface area contributed by atoms with Crippen LogP contribution in [0.3, 0.4) is 0 Å². The van der Waals surface area contributed by atoms with Gasteiger partial charge in [-0.3, -0.25) is 4.79 Å². The number of esters is 1. The van der Waals surface area contributed by atoms with E-state index >= 15 is 0 Å². The highest BCUT2D eigenvalue weighted by molar-refractivity contribution is 7.89.